The Hall–Kier alpha value is -1.66. The quantitative estimate of drug-likeness (QED) is 0.798. The molecule has 1 amide bonds. The summed E-state index contributed by atoms with van der Waals surface area (Å²) in [5, 5.41) is 0.456. The maximum atomic E-state index is 12.3. The molecule has 2 aromatic rings. The molecule has 0 bridgehead atoms. The molecule has 1 aromatic carbocycles. The van der Waals surface area contributed by atoms with Gasteiger partial charge in [0, 0.05) is 23.6 Å². The second-order valence-corrected chi connectivity index (χ2v) is 5.44. The average Bonchev–Trinajstić information content (AvgIpc) is 2.48. The summed E-state index contributed by atoms with van der Waals surface area (Å²) in [7, 11) is 0. The Kier molecular flexibility index (Phi) is 3.58. The molecule has 0 spiro atoms. The zero-order valence-corrected chi connectivity index (χ0v) is 12.2. The van der Waals surface area contributed by atoms with Crippen LogP contribution in [0.4, 0.5) is 0 Å². The van der Waals surface area contributed by atoms with Gasteiger partial charge in [-0.05, 0) is 18.2 Å². The van der Waals surface area contributed by atoms with E-state index in [2.05, 4.69) is 15.9 Å². The van der Waals surface area contributed by atoms with Crippen LogP contribution in [0.3, 0.4) is 0 Å². The Morgan fingerprint density at radius 3 is 2.70 bits per heavy atom. The Balaban J connectivity index is 2.02. The number of hydrogen-bond acceptors (Lipinski definition) is 4. The lowest BCUT2D eigenvalue weighted by Crippen LogP contribution is -2.40. The van der Waals surface area contributed by atoms with Gasteiger partial charge in [0.05, 0.1) is 18.6 Å². The van der Waals surface area contributed by atoms with E-state index in [-0.39, 0.29) is 17.1 Å². The normalized spacial score (nSPS) is 15.6. The van der Waals surface area contributed by atoms with E-state index in [0.717, 1.165) is 4.47 Å². The molecule has 1 aliphatic heterocycles. The van der Waals surface area contributed by atoms with E-state index in [0.29, 0.717) is 37.3 Å². The standard InChI is InChI=1S/C14H12BrNO4/c15-9-1-2-12-10(7-9)11(17)8-13(20-12)14(18)16-3-5-19-6-4-16/h1-2,7-8H,3-6H2. The summed E-state index contributed by atoms with van der Waals surface area (Å²) < 4.78 is 11.6. The highest BCUT2D eigenvalue weighted by atomic mass is 79.9. The lowest BCUT2D eigenvalue weighted by molar-refractivity contribution is 0.0283. The molecule has 0 radical (unpaired) electrons. The van der Waals surface area contributed by atoms with Crippen molar-refractivity contribution < 1.29 is 13.9 Å². The summed E-state index contributed by atoms with van der Waals surface area (Å²) in [5.74, 6) is -0.193. The molecule has 0 saturated carbocycles. The second kappa shape index (κ2) is 5.38. The number of rotatable bonds is 1. The molecule has 0 unspecified atom stereocenters. The van der Waals surface area contributed by atoms with Gasteiger partial charge in [-0.2, -0.15) is 0 Å². The highest BCUT2D eigenvalue weighted by Crippen LogP contribution is 2.19. The first-order valence-electron chi connectivity index (χ1n) is 6.25. The first-order chi connectivity index (χ1) is 9.65. The minimum absolute atomic E-state index is 0.0757. The van der Waals surface area contributed by atoms with Crippen LogP contribution in [0.1, 0.15) is 10.6 Å². The minimum Gasteiger partial charge on any atom is -0.451 e. The molecule has 0 aliphatic carbocycles. The highest BCUT2D eigenvalue weighted by molar-refractivity contribution is 9.10. The fourth-order valence-corrected chi connectivity index (χ4v) is 2.52. The van der Waals surface area contributed by atoms with Gasteiger partial charge in [-0.25, -0.2) is 0 Å². The van der Waals surface area contributed by atoms with Gasteiger partial charge in [0.2, 0.25) is 0 Å². The van der Waals surface area contributed by atoms with Crippen molar-refractivity contribution in [3.63, 3.8) is 0 Å². The van der Waals surface area contributed by atoms with Gasteiger partial charge < -0.3 is 14.1 Å². The Morgan fingerprint density at radius 1 is 1.20 bits per heavy atom. The lowest BCUT2D eigenvalue weighted by Gasteiger charge is -2.26. The van der Waals surface area contributed by atoms with Crippen molar-refractivity contribution in [2.45, 2.75) is 0 Å². The number of fused-ring (bicyclic) bond motifs is 1. The highest BCUT2D eigenvalue weighted by Gasteiger charge is 2.21. The van der Waals surface area contributed by atoms with Crippen LogP contribution >= 0.6 is 15.9 Å². The zero-order chi connectivity index (χ0) is 14.1. The van der Waals surface area contributed by atoms with Crippen molar-refractivity contribution in [1.82, 2.24) is 4.90 Å². The first-order valence-corrected chi connectivity index (χ1v) is 7.05. The number of carbonyl (C=O) groups is 1. The minimum atomic E-state index is -0.268. The number of benzene rings is 1. The van der Waals surface area contributed by atoms with E-state index in [4.69, 9.17) is 9.15 Å². The molecule has 1 fully saturated rings. The summed E-state index contributed by atoms with van der Waals surface area (Å²) in [6, 6.07) is 6.39. The van der Waals surface area contributed by atoms with Crippen LogP contribution < -0.4 is 5.43 Å². The van der Waals surface area contributed by atoms with Crippen molar-refractivity contribution in [2.75, 3.05) is 26.3 Å². The third-order valence-corrected chi connectivity index (χ3v) is 3.69. The molecule has 1 saturated heterocycles. The first kappa shape index (κ1) is 13.3. The molecule has 104 valence electrons. The number of halogens is 1. The summed E-state index contributed by atoms with van der Waals surface area (Å²) in [6.07, 6.45) is 0. The summed E-state index contributed by atoms with van der Waals surface area (Å²) in [5.41, 5.74) is 0.196. The van der Waals surface area contributed by atoms with Crippen molar-refractivity contribution in [3.8, 4) is 0 Å². The van der Waals surface area contributed by atoms with Crippen LogP contribution in [0, 0.1) is 0 Å². The summed E-state index contributed by atoms with van der Waals surface area (Å²) in [6.45, 7) is 2.05. The van der Waals surface area contributed by atoms with Crippen LogP contribution in [0.5, 0.6) is 0 Å². The molecule has 1 aromatic heterocycles. The van der Waals surface area contributed by atoms with Gasteiger partial charge in [0.15, 0.2) is 11.2 Å². The van der Waals surface area contributed by atoms with Crippen LogP contribution in [0.15, 0.2) is 37.9 Å². The predicted molar refractivity (Wildman–Crippen MR) is 76.9 cm³/mol. The van der Waals surface area contributed by atoms with E-state index >= 15 is 0 Å². The van der Waals surface area contributed by atoms with Crippen molar-refractivity contribution in [3.05, 3.63) is 44.7 Å². The lowest BCUT2D eigenvalue weighted by atomic mass is 10.2. The Morgan fingerprint density at radius 2 is 1.95 bits per heavy atom. The smallest absolute Gasteiger partial charge is 0.289 e. The summed E-state index contributed by atoms with van der Waals surface area (Å²) in [4.78, 5) is 26.0. The third kappa shape index (κ3) is 2.48. The van der Waals surface area contributed by atoms with Gasteiger partial charge in [-0.15, -0.1) is 0 Å². The van der Waals surface area contributed by atoms with Gasteiger partial charge in [-0.3, -0.25) is 9.59 Å². The number of nitrogens with zero attached hydrogens (tertiary/aromatic N) is 1. The topological polar surface area (TPSA) is 59.8 Å². The van der Waals surface area contributed by atoms with Gasteiger partial charge in [0.25, 0.3) is 5.91 Å². The van der Waals surface area contributed by atoms with Gasteiger partial charge in [0.1, 0.15) is 5.58 Å². The average molecular weight is 338 g/mol. The van der Waals surface area contributed by atoms with Crippen LogP contribution in [-0.4, -0.2) is 37.1 Å². The molecule has 2 heterocycles. The van der Waals surface area contributed by atoms with Crippen LogP contribution in [0.25, 0.3) is 11.0 Å². The van der Waals surface area contributed by atoms with E-state index < -0.39 is 0 Å². The van der Waals surface area contributed by atoms with Crippen LogP contribution in [-0.2, 0) is 4.74 Å². The molecule has 20 heavy (non-hydrogen) atoms. The molecular formula is C14H12BrNO4. The Bertz CT molecular complexity index is 719. The van der Waals surface area contributed by atoms with Crippen LogP contribution in [0.2, 0.25) is 0 Å². The van der Waals surface area contributed by atoms with Crippen molar-refractivity contribution in [1.29, 1.82) is 0 Å². The van der Waals surface area contributed by atoms with E-state index in [1.54, 1.807) is 23.1 Å². The number of amides is 1. The van der Waals surface area contributed by atoms with E-state index in [1.165, 1.54) is 6.07 Å². The fourth-order valence-electron chi connectivity index (χ4n) is 2.16. The number of carbonyl (C=O) groups excluding carboxylic acids is 1. The molecule has 3 rings (SSSR count). The van der Waals surface area contributed by atoms with Gasteiger partial charge in [-0.1, -0.05) is 15.9 Å². The molecule has 6 heteroatoms. The SMILES string of the molecule is O=C(c1cc(=O)c2cc(Br)ccc2o1)N1CCOCC1. The fraction of sp³-hybridized carbons (Fsp3) is 0.286. The predicted octanol–water partition coefficient (Wildman–Crippen LogP) is 2.03. The Labute approximate surface area is 123 Å². The maximum absolute atomic E-state index is 12.3. The zero-order valence-electron chi connectivity index (χ0n) is 10.6. The number of morpholine rings is 1. The molecule has 5 nitrogen and oxygen atoms in total. The largest absolute Gasteiger partial charge is 0.451 e. The molecule has 0 atom stereocenters. The third-order valence-electron chi connectivity index (χ3n) is 3.20. The molecule has 1 aliphatic rings. The van der Waals surface area contributed by atoms with Crippen molar-refractivity contribution >= 4 is 32.8 Å². The monoisotopic (exact) mass is 337 g/mol. The number of ether oxygens (including phenoxy) is 1. The number of hydrogen-bond donors (Lipinski definition) is 0. The van der Waals surface area contributed by atoms with E-state index in [9.17, 15) is 9.59 Å². The molecule has 0 N–H and O–H groups in total. The van der Waals surface area contributed by atoms with Gasteiger partial charge >= 0.3 is 0 Å². The van der Waals surface area contributed by atoms with E-state index in [1.807, 2.05) is 0 Å². The summed E-state index contributed by atoms with van der Waals surface area (Å²) >= 11 is 3.31. The van der Waals surface area contributed by atoms with Crippen molar-refractivity contribution in [2.24, 2.45) is 0 Å². The second-order valence-electron chi connectivity index (χ2n) is 4.52. The maximum Gasteiger partial charge on any atom is 0.289 e. The molecular weight excluding hydrogens is 326 g/mol.